The van der Waals surface area contributed by atoms with Crippen LogP contribution in [-0.2, 0) is 14.3 Å². The number of hydrogen-bond acceptors (Lipinski definition) is 6. The predicted molar refractivity (Wildman–Crippen MR) is 153 cm³/mol. The minimum absolute atomic E-state index is 0.115. The zero-order chi connectivity index (χ0) is 28.5. The van der Waals surface area contributed by atoms with E-state index in [1.165, 1.54) is 23.9 Å². The number of ether oxygens (including phenoxy) is 1. The molecule has 1 aromatic heterocycles. The number of halogens is 1. The average Bonchev–Trinajstić information content (AvgIpc) is 3.39. The smallest absolute Gasteiger partial charge is 0.253 e. The summed E-state index contributed by atoms with van der Waals surface area (Å²) >= 11 is 1.49. The molecular formula is C28H40FN5O4S. The van der Waals surface area contributed by atoms with Crippen LogP contribution < -0.4 is 16.0 Å². The number of amides is 3. The molecule has 3 amide bonds. The number of fused-ring (bicyclic) bond motifs is 1. The van der Waals surface area contributed by atoms with Crippen LogP contribution in [0.3, 0.4) is 0 Å². The predicted octanol–water partition coefficient (Wildman–Crippen LogP) is 3.51. The molecule has 39 heavy (non-hydrogen) atoms. The largest absolute Gasteiger partial charge is 0.384 e. The molecule has 0 spiro atoms. The van der Waals surface area contributed by atoms with Crippen molar-refractivity contribution in [2.45, 2.75) is 45.3 Å². The van der Waals surface area contributed by atoms with Crippen molar-refractivity contribution in [1.29, 1.82) is 0 Å². The van der Waals surface area contributed by atoms with Gasteiger partial charge in [-0.05, 0) is 56.3 Å². The maximum absolute atomic E-state index is 14.2. The fraction of sp³-hybridized carbons (Fsp3) is 0.536. The molecule has 2 heterocycles. The zero-order valence-electron chi connectivity index (χ0n) is 23.4. The Morgan fingerprint density at radius 2 is 1.92 bits per heavy atom. The third-order valence-corrected chi connectivity index (χ3v) is 8.35. The van der Waals surface area contributed by atoms with Crippen LogP contribution >= 0.6 is 11.8 Å². The van der Waals surface area contributed by atoms with Crippen LogP contribution in [0.1, 0.15) is 64.3 Å². The number of carbonyl (C=O) groups excluding carboxylic acids is 3. The molecule has 11 heteroatoms. The van der Waals surface area contributed by atoms with Gasteiger partial charge in [-0.2, -0.15) is 0 Å². The number of benzene rings is 1. The van der Waals surface area contributed by atoms with E-state index in [0.717, 1.165) is 30.9 Å². The molecule has 1 aromatic carbocycles. The molecule has 2 aromatic rings. The van der Waals surface area contributed by atoms with Gasteiger partial charge >= 0.3 is 0 Å². The van der Waals surface area contributed by atoms with Crippen molar-refractivity contribution in [2.75, 3.05) is 57.5 Å². The number of nitrogens with zero attached hydrogens (tertiary/aromatic N) is 1. The Kier molecular flexibility index (Phi) is 11.4. The highest BCUT2D eigenvalue weighted by molar-refractivity contribution is 7.99. The van der Waals surface area contributed by atoms with E-state index in [4.69, 9.17) is 4.74 Å². The lowest BCUT2D eigenvalue weighted by Gasteiger charge is -2.23. The first-order chi connectivity index (χ1) is 18.7. The molecule has 0 aliphatic carbocycles. The number of aromatic nitrogens is 1. The van der Waals surface area contributed by atoms with Crippen molar-refractivity contribution >= 4 is 35.2 Å². The van der Waals surface area contributed by atoms with E-state index in [1.807, 2.05) is 13.8 Å². The number of carbonyl (C=O) groups is 3. The van der Waals surface area contributed by atoms with Gasteiger partial charge in [0.05, 0.1) is 23.3 Å². The topological polar surface area (TPSA) is 116 Å². The third kappa shape index (κ3) is 7.61. The lowest BCUT2D eigenvalue weighted by molar-refractivity contribution is -0.122. The summed E-state index contributed by atoms with van der Waals surface area (Å²) in [5, 5.41) is 8.33. The SMILES string of the molecule is CCN(CC)CCNC(=O)c1c(C)[nH]c(C(SCCNC(=O)CCOC)C2C(=O)Nc3ccc(F)cc32)c1C. The van der Waals surface area contributed by atoms with Crippen molar-refractivity contribution in [3.8, 4) is 0 Å². The number of aromatic amines is 1. The summed E-state index contributed by atoms with van der Waals surface area (Å²) in [5.41, 5.74) is 3.93. The first-order valence-electron chi connectivity index (χ1n) is 13.4. The van der Waals surface area contributed by atoms with E-state index in [1.54, 1.807) is 13.2 Å². The molecule has 0 saturated heterocycles. The zero-order valence-corrected chi connectivity index (χ0v) is 24.2. The van der Waals surface area contributed by atoms with Crippen molar-refractivity contribution in [3.63, 3.8) is 0 Å². The van der Waals surface area contributed by atoms with Crippen molar-refractivity contribution in [2.24, 2.45) is 0 Å². The lowest BCUT2D eigenvalue weighted by Crippen LogP contribution is -2.35. The van der Waals surface area contributed by atoms with Crippen LogP contribution in [0.15, 0.2) is 18.2 Å². The first kappa shape index (κ1) is 30.6. The number of methoxy groups -OCH3 is 1. The van der Waals surface area contributed by atoms with E-state index < -0.39 is 17.0 Å². The van der Waals surface area contributed by atoms with Crippen LogP contribution in [0.4, 0.5) is 10.1 Å². The third-order valence-electron chi connectivity index (χ3n) is 7.04. The Morgan fingerprint density at radius 3 is 2.62 bits per heavy atom. The molecule has 0 saturated carbocycles. The summed E-state index contributed by atoms with van der Waals surface area (Å²) < 4.78 is 19.2. The van der Waals surface area contributed by atoms with Gasteiger partial charge in [-0.15, -0.1) is 11.8 Å². The quantitative estimate of drug-likeness (QED) is 0.248. The fourth-order valence-electron chi connectivity index (χ4n) is 4.92. The number of anilines is 1. The highest BCUT2D eigenvalue weighted by Crippen LogP contribution is 2.48. The highest BCUT2D eigenvalue weighted by atomic mass is 32.2. The molecule has 9 nitrogen and oxygen atoms in total. The maximum atomic E-state index is 14.2. The summed E-state index contributed by atoms with van der Waals surface area (Å²) in [4.78, 5) is 44.0. The number of hydrogen-bond donors (Lipinski definition) is 4. The van der Waals surface area contributed by atoms with Gasteiger partial charge in [-0.3, -0.25) is 14.4 Å². The van der Waals surface area contributed by atoms with Crippen molar-refractivity contribution < 1.29 is 23.5 Å². The van der Waals surface area contributed by atoms with Gasteiger partial charge in [0.2, 0.25) is 11.8 Å². The summed E-state index contributed by atoms with van der Waals surface area (Å²) in [7, 11) is 1.54. The van der Waals surface area contributed by atoms with Gasteiger partial charge in [-0.1, -0.05) is 13.8 Å². The lowest BCUT2D eigenvalue weighted by atomic mass is 9.93. The summed E-state index contributed by atoms with van der Waals surface area (Å²) in [6, 6.07) is 4.29. The first-order valence-corrected chi connectivity index (χ1v) is 14.4. The molecule has 2 atom stereocenters. The van der Waals surface area contributed by atoms with Gasteiger partial charge in [0.25, 0.3) is 5.91 Å². The fourth-order valence-corrected chi connectivity index (χ4v) is 6.26. The summed E-state index contributed by atoms with van der Waals surface area (Å²) in [6.45, 7) is 11.7. The number of nitrogens with one attached hydrogen (secondary N) is 4. The van der Waals surface area contributed by atoms with Crippen molar-refractivity contribution in [1.82, 2.24) is 20.5 Å². The second-order valence-electron chi connectivity index (χ2n) is 9.53. The molecule has 1 aliphatic heterocycles. The molecule has 3 rings (SSSR count). The monoisotopic (exact) mass is 561 g/mol. The van der Waals surface area contributed by atoms with Crippen LogP contribution in [0.5, 0.6) is 0 Å². The number of thioether (sulfide) groups is 1. The minimum Gasteiger partial charge on any atom is -0.384 e. The molecule has 0 bridgehead atoms. The molecule has 0 radical (unpaired) electrons. The highest BCUT2D eigenvalue weighted by Gasteiger charge is 2.40. The van der Waals surface area contributed by atoms with Gasteiger partial charge in [-0.25, -0.2) is 4.39 Å². The molecular weight excluding hydrogens is 521 g/mol. The number of likely N-dealkylation sites (N-methyl/N-ethyl adjacent to an activating group) is 1. The summed E-state index contributed by atoms with van der Waals surface area (Å²) in [5.74, 6) is -1.08. The Hall–Kier alpha value is -2.89. The number of rotatable bonds is 15. The Balaban J connectivity index is 1.85. The second kappa shape index (κ2) is 14.5. The van der Waals surface area contributed by atoms with Crippen LogP contribution in [0.25, 0.3) is 0 Å². The summed E-state index contributed by atoms with van der Waals surface area (Å²) in [6.07, 6.45) is 0.268. The van der Waals surface area contributed by atoms with E-state index in [9.17, 15) is 18.8 Å². The Morgan fingerprint density at radius 1 is 1.18 bits per heavy atom. The van der Waals surface area contributed by atoms with Gasteiger partial charge in [0, 0.05) is 56.0 Å². The number of aryl methyl sites for hydroxylation is 1. The van der Waals surface area contributed by atoms with Crippen LogP contribution in [0.2, 0.25) is 0 Å². The van der Waals surface area contributed by atoms with Crippen LogP contribution in [-0.4, -0.2) is 79.8 Å². The number of H-pyrrole nitrogens is 1. The Bertz CT molecular complexity index is 1170. The van der Waals surface area contributed by atoms with Crippen LogP contribution in [0, 0.1) is 19.7 Å². The average molecular weight is 562 g/mol. The Labute approximate surface area is 234 Å². The maximum Gasteiger partial charge on any atom is 0.253 e. The molecule has 0 fully saturated rings. The van der Waals surface area contributed by atoms with E-state index in [-0.39, 0.29) is 24.1 Å². The molecule has 4 N–H and O–H groups in total. The standard InChI is InChI=1S/C28H40FN5O4S/c1-6-34(7-2)13-11-31-27(36)23-17(3)25(32-18(23)4)26(39-15-12-30-22(35)10-14-38-5)24-20-16-19(29)8-9-21(20)33-28(24)37/h8-9,16,24,26,32H,6-7,10-15H2,1-5H3,(H,30,35)(H,31,36)(H,33,37). The van der Waals surface area contributed by atoms with E-state index in [0.29, 0.717) is 48.0 Å². The molecule has 214 valence electrons. The van der Waals surface area contributed by atoms with E-state index >= 15 is 0 Å². The second-order valence-corrected chi connectivity index (χ2v) is 10.8. The van der Waals surface area contributed by atoms with Crippen molar-refractivity contribution in [3.05, 3.63) is 52.1 Å². The van der Waals surface area contributed by atoms with Gasteiger partial charge in [0.15, 0.2) is 0 Å². The van der Waals surface area contributed by atoms with Gasteiger partial charge in [0.1, 0.15) is 5.82 Å². The minimum atomic E-state index is -0.666. The van der Waals surface area contributed by atoms with E-state index in [2.05, 4.69) is 39.7 Å². The molecule has 1 aliphatic rings. The van der Waals surface area contributed by atoms with Gasteiger partial charge < -0.3 is 30.6 Å². The molecule has 2 unspecified atom stereocenters. The normalized spacial score (nSPS) is 15.3.